The van der Waals surface area contributed by atoms with Gasteiger partial charge in [0.05, 0.1) is 41.6 Å². The number of amides is 1. The fourth-order valence-electron chi connectivity index (χ4n) is 5.97. The Balaban J connectivity index is 1.08. The minimum atomic E-state index is -1.03. The Bertz CT molecular complexity index is 2160. The van der Waals surface area contributed by atoms with E-state index in [0.717, 1.165) is 38.9 Å². The summed E-state index contributed by atoms with van der Waals surface area (Å²) < 4.78 is 13.0. The Labute approximate surface area is 298 Å². The SMILES string of the molecule is O=C(NCc1ccccc1-c1ccc([C@@H]2O[C@H](CSc3ncccc3C(=O)O)C[C@H](c3ccc(CO)cc3)O2)cc1)c1cnc2ccccc2n1. The number of hydrogen-bond acceptors (Lipinski definition) is 9. The third-order valence-electron chi connectivity index (χ3n) is 8.65. The topological polar surface area (TPSA) is 144 Å². The number of hydrogen-bond donors (Lipinski definition) is 3. The molecule has 1 aliphatic heterocycles. The van der Waals surface area contributed by atoms with E-state index in [1.807, 2.05) is 97.1 Å². The summed E-state index contributed by atoms with van der Waals surface area (Å²) in [5.41, 5.74) is 7.27. The van der Waals surface area contributed by atoms with Crippen LogP contribution >= 0.6 is 11.8 Å². The van der Waals surface area contributed by atoms with Crippen molar-refractivity contribution >= 4 is 34.7 Å². The van der Waals surface area contributed by atoms with Gasteiger partial charge < -0.3 is 25.0 Å². The van der Waals surface area contributed by atoms with Gasteiger partial charge in [0.15, 0.2) is 6.29 Å². The zero-order chi connectivity index (χ0) is 35.2. The van der Waals surface area contributed by atoms with Crippen molar-refractivity contribution in [1.82, 2.24) is 20.3 Å². The van der Waals surface area contributed by atoms with Crippen molar-refractivity contribution in [2.75, 3.05) is 5.75 Å². The Morgan fingerprint density at radius 2 is 1.57 bits per heavy atom. The molecule has 0 saturated carbocycles. The van der Waals surface area contributed by atoms with Gasteiger partial charge in [-0.1, -0.05) is 84.9 Å². The first-order valence-electron chi connectivity index (χ1n) is 16.4. The van der Waals surface area contributed by atoms with Crippen molar-refractivity contribution in [2.45, 2.75) is 43.1 Å². The summed E-state index contributed by atoms with van der Waals surface area (Å²) >= 11 is 1.35. The lowest BCUT2D eigenvalue weighted by Crippen LogP contribution is -2.31. The summed E-state index contributed by atoms with van der Waals surface area (Å²) in [4.78, 5) is 37.9. The average molecular weight is 699 g/mol. The molecule has 3 heterocycles. The molecule has 51 heavy (non-hydrogen) atoms. The van der Waals surface area contributed by atoms with Gasteiger partial charge in [-0.2, -0.15) is 0 Å². The number of carbonyl (C=O) groups excluding carboxylic acids is 1. The number of benzene rings is 4. The quantitative estimate of drug-likeness (QED) is 0.119. The highest BCUT2D eigenvalue weighted by atomic mass is 32.2. The number of aromatic carboxylic acids is 1. The van der Waals surface area contributed by atoms with Gasteiger partial charge >= 0.3 is 5.97 Å². The number of nitrogens with zero attached hydrogens (tertiary/aromatic N) is 3. The number of ether oxygens (including phenoxy) is 2. The maximum Gasteiger partial charge on any atom is 0.338 e. The smallest absolute Gasteiger partial charge is 0.338 e. The van der Waals surface area contributed by atoms with Gasteiger partial charge in [-0.05, 0) is 52.1 Å². The maximum atomic E-state index is 13.0. The third-order valence-corrected chi connectivity index (χ3v) is 9.79. The van der Waals surface area contributed by atoms with Crippen molar-refractivity contribution in [3.05, 3.63) is 155 Å². The highest BCUT2D eigenvalue weighted by Crippen LogP contribution is 2.40. The second-order valence-corrected chi connectivity index (χ2v) is 13.0. The van der Waals surface area contributed by atoms with E-state index < -0.39 is 12.3 Å². The number of nitrogens with one attached hydrogen (secondary N) is 1. The number of rotatable bonds is 11. The van der Waals surface area contributed by atoms with Gasteiger partial charge in [-0.3, -0.25) is 9.78 Å². The van der Waals surface area contributed by atoms with Crippen molar-refractivity contribution in [3.8, 4) is 11.1 Å². The molecule has 1 fully saturated rings. The molecule has 0 bridgehead atoms. The largest absolute Gasteiger partial charge is 0.478 e. The first kappa shape index (κ1) is 34.0. The van der Waals surface area contributed by atoms with E-state index in [9.17, 15) is 19.8 Å². The lowest BCUT2D eigenvalue weighted by Gasteiger charge is -2.36. The Hall–Kier alpha value is -5.46. The minimum absolute atomic E-state index is 0.0478. The second-order valence-electron chi connectivity index (χ2n) is 12.0. The van der Waals surface area contributed by atoms with Crippen LogP contribution in [0.4, 0.5) is 0 Å². The van der Waals surface area contributed by atoms with Crippen molar-refractivity contribution < 1.29 is 29.3 Å². The number of fused-ring (bicyclic) bond motifs is 1. The van der Waals surface area contributed by atoms with E-state index in [0.29, 0.717) is 29.3 Å². The van der Waals surface area contributed by atoms with Crippen molar-refractivity contribution in [3.63, 3.8) is 0 Å². The number of pyridine rings is 1. The van der Waals surface area contributed by atoms with E-state index in [4.69, 9.17) is 9.47 Å². The molecule has 7 rings (SSSR count). The number of aromatic nitrogens is 3. The summed E-state index contributed by atoms with van der Waals surface area (Å²) in [5, 5.41) is 22.6. The molecule has 0 spiro atoms. The minimum Gasteiger partial charge on any atom is -0.478 e. The zero-order valence-electron chi connectivity index (χ0n) is 27.4. The first-order chi connectivity index (χ1) is 24.9. The van der Waals surface area contributed by atoms with Crippen LogP contribution in [0.25, 0.3) is 22.2 Å². The Morgan fingerprint density at radius 3 is 2.35 bits per heavy atom. The second kappa shape index (κ2) is 15.6. The van der Waals surface area contributed by atoms with Gasteiger partial charge in [0.25, 0.3) is 5.91 Å². The van der Waals surface area contributed by atoms with Crippen LogP contribution in [-0.2, 0) is 22.6 Å². The normalized spacial score (nSPS) is 17.2. The average Bonchev–Trinajstić information content (AvgIpc) is 3.19. The molecule has 6 aromatic rings. The van der Waals surface area contributed by atoms with Crippen LogP contribution in [0.1, 0.15) is 61.9 Å². The van der Waals surface area contributed by atoms with E-state index in [2.05, 4.69) is 20.3 Å². The summed E-state index contributed by atoms with van der Waals surface area (Å²) in [6, 6.07) is 34.1. The number of para-hydroxylation sites is 2. The van der Waals surface area contributed by atoms with E-state index in [-0.39, 0.29) is 36.0 Å². The van der Waals surface area contributed by atoms with Crippen molar-refractivity contribution in [1.29, 1.82) is 0 Å². The van der Waals surface area contributed by atoms with Crippen LogP contribution in [-0.4, -0.2) is 48.9 Å². The van der Waals surface area contributed by atoms with Crippen LogP contribution in [0.15, 0.2) is 127 Å². The van der Waals surface area contributed by atoms with E-state index in [1.54, 1.807) is 18.3 Å². The molecule has 1 aliphatic rings. The summed E-state index contributed by atoms with van der Waals surface area (Å²) in [7, 11) is 0. The molecule has 10 nitrogen and oxygen atoms in total. The van der Waals surface area contributed by atoms with Crippen LogP contribution in [0, 0.1) is 0 Å². The molecule has 1 amide bonds. The summed E-state index contributed by atoms with van der Waals surface area (Å²) in [6.45, 7) is 0.254. The molecule has 0 aliphatic carbocycles. The lowest BCUT2D eigenvalue weighted by atomic mass is 9.97. The third kappa shape index (κ3) is 7.97. The highest BCUT2D eigenvalue weighted by molar-refractivity contribution is 7.99. The molecule has 0 radical (unpaired) electrons. The van der Waals surface area contributed by atoms with Crippen LogP contribution in [0.3, 0.4) is 0 Å². The van der Waals surface area contributed by atoms with Crippen molar-refractivity contribution in [2.24, 2.45) is 0 Å². The molecule has 4 aromatic carbocycles. The highest BCUT2D eigenvalue weighted by Gasteiger charge is 2.32. The number of carboxylic acids is 1. The van der Waals surface area contributed by atoms with Crippen LogP contribution in [0.2, 0.25) is 0 Å². The maximum absolute atomic E-state index is 13.0. The van der Waals surface area contributed by atoms with Gasteiger partial charge in [-0.25, -0.2) is 14.8 Å². The van der Waals surface area contributed by atoms with Crippen LogP contribution < -0.4 is 5.32 Å². The molecule has 3 N–H and O–H groups in total. The molecule has 256 valence electrons. The number of carboxylic acid groups (broad SMARTS) is 1. The fourth-order valence-corrected chi connectivity index (χ4v) is 6.98. The Morgan fingerprint density at radius 1 is 0.824 bits per heavy atom. The molecule has 11 heteroatoms. The standard InChI is InChI=1S/C40H34N4O6S/c45-23-25-11-13-27(14-12-25)36-20-30(24-51-38-32(39(47)48)8-5-19-41-38)49-40(50-36)28-17-15-26(16-18-28)31-7-2-1-6-29(31)21-43-37(46)35-22-42-33-9-3-4-10-34(33)44-35/h1-19,22,30,36,40,45H,20-21,23-24H2,(H,43,46)(H,47,48)/t30-,36+,40+/m0/s1. The van der Waals surface area contributed by atoms with Gasteiger partial charge in [0.2, 0.25) is 0 Å². The van der Waals surface area contributed by atoms with Crippen LogP contribution in [0.5, 0.6) is 0 Å². The summed E-state index contributed by atoms with van der Waals surface area (Å²) in [5.74, 6) is -0.855. The van der Waals surface area contributed by atoms with E-state index in [1.165, 1.54) is 18.0 Å². The summed E-state index contributed by atoms with van der Waals surface area (Å²) in [6.07, 6.45) is 2.39. The van der Waals surface area contributed by atoms with Gasteiger partial charge in [0, 0.05) is 30.5 Å². The number of carbonyl (C=O) groups is 2. The number of aliphatic hydroxyl groups is 1. The first-order valence-corrected chi connectivity index (χ1v) is 17.4. The number of aliphatic hydroxyl groups excluding tert-OH is 1. The molecular formula is C40H34N4O6S. The molecule has 0 unspecified atom stereocenters. The lowest BCUT2D eigenvalue weighted by molar-refractivity contribution is -0.245. The molecular weight excluding hydrogens is 665 g/mol. The fraction of sp³-hybridized carbons (Fsp3) is 0.175. The molecule has 3 atom stereocenters. The van der Waals surface area contributed by atoms with Gasteiger partial charge in [0.1, 0.15) is 10.7 Å². The zero-order valence-corrected chi connectivity index (χ0v) is 28.2. The predicted molar refractivity (Wildman–Crippen MR) is 193 cm³/mol. The molecule has 2 aromatic heterocycles. The Kier molecular flexibility index (Phi) is 10.4. The van der Waals surface area contributed by atoms with Gasteiger partial charge in [-0.15, -0.1) is 11.8 Å². The monoisotopic (exact) mass is 698 g/mol. The van der Waals surface area contributed by atoms with E-state index >= 15 is 0 Å². The number of thioether (sulfide) groups is 1. The molecule has 1 saturated heterocycles. The predicted octanol–water partition coefficient (Wildman–Crippen LogP) is 7.15.